The minimum Gasteiger partial charge on any atom is -0.497 e. The van der Waals surface area contributed by atoms with Crippen molar-refractivity contribution in [2.75, 3.05) is 33.9 Å². The molecule has 1 aromatic rings. The molecule has 1 heterocycles. The number of rotatable bonds is 8. The molecule has 4 aliphatic carbocycles. The first-order valence-electron chi connectivity index (χ1n) is 17.7. The summed E-state index contributed by atoms with van der Waals surface area (Å²) in [5.41, 5.74) is 4.14. The van der Waals surface area contributed by atoms with E-state index in [1.54, 1.807) is 7.11 Å². The van der Waals surface area contributed by atoms with Crippen LogP contribution in [0.4, 0.5) is 0 Å². The minimum absolute atomic E-state index is 0.0129. The van der Waals surface area contributed by atoms with E-state index < -0.39 is 0 Å². The van der Waals surface area contributed by atoms with Gasteiger partial charge in [0.15, 0.2) is 6.61 Å². The first kappa shape index (κ1) is 32.6. The second kappa shape index (κ2) is 12.7. The van der Waals surface area contributed by atoms with Gasteiger partial charge in [0.25, 0.3) is 5.91 Å². The highest BCUT2D eigenvalue weighted by molar-refractivity contribution is 5.96. The summed E-state index contributed by atoms with van der Waals surface area (Å²) in [6, 6.07) is 8.98. The van der Waals surface area contributed by atoms with Gasteiger partial charge in [0.05, 0.1) is 18.9 Å². The van der Waals surface area contributed by atoms with Crippen LogP contribution < -0.4 is 10.1 Å². The summed E-state index contributed by atoms with van der Waals surface area (Å²) in [4.78, 5) is 21.0. The Morgan fingerprint density at radius 3 is 2.60 bits per heavy atom. The number of piperidine rings is 1. The zero-order valence-electron chi connectivity index (χ0n) is 28.6. The number of carbonyl (C=O) groups is 1. The highest BCUT2D eigenvalue weighted by Gasteiger charge is 2.58. The molecule has 45 heavy (non-hydrogen) atoms. The summed E-state index contributed by atoms with van der Waals surface area (Å²) in [6.07, 6.45) is 13.0. The standard InChI is InChI=1S/C38H57N3O4/c1-25-23-41(5)26(2)22-38(25,27-7-10-30(44-6)11-8-27)19-20-39-35(43)24-45-40-29-15-17-36(3)28(21-29)9-12-31-32-13-14-34(42)37(32,4)18-16-33(31)36/h7-8,10-11,21,25-26,31-34,42H,9,12-20,22-24H2,1-6H3,(H,39,43)/t25-,26-,31+,32+,33-,34-,36-,37-,38-/m1/s1. The third-order valence-electron chi connectivity index (χ3n) is 13.8. The molecule has 7 nitrogen and oxygen atoms in total. The Bertz CT molecular complexity index is 1290. The van der Waals surface area contributed by atoms with Crippen LogP contribution >= 0.6 is 0 Å². The number of fused-ring (bicyclic) bond motifs is 5. The molecule has 1 saturated heterocycles. The Kier molecular flexibility index (Phi) is 9.17. The molecule has 1 aliphatic heterocycles. The van der Waals surface area contributed by atoms with Crippen LogP contribution in [0.25, 0.3) is 0 Å². The Hall–Kier alpha value is -2.38. The lowest BCUT2D eigenvalue weighted by molar-refractivity contribution is -0.125. The van der Waals surface area contributed by atoms with Crippen molar-refractivity contribution in [3.05, 3.63) is 41.5 Å². The first-order valence-corrected chi connectivity index (χ1v) is 17.7. The summed E-state index contributed by atoms with van der Waals surface area (Å²) in [6.45, 7) is 11.1. The van der Waals surface area contributed by atoms with Gasteiger partial charge >= 0.3 is 0 Å². The second-order valence-corrected chi connectivity index (χ2v) is 15.9. The smallest absolute Gasteiger partial charge is 0.260 e. The number of likely N-dealkylation sites (tertiary alicyclic amines) is 1. The monoisotopic (exact) mass is 619 g/mol. The molecular formula is C38H57N3O4. The van der Waals surface area contributed by atoms with Gasteiger partial charge in [-0.25, -0.2) is 0 Å². The number of ether oxygens (including phenoxy) is 1. The molecule has 5 aliphatic rings. The normalized spacial score (nSPS) is 40.6. The van der Waals surface area contributed by atoms with Crippen molar-refractivity contribution in [1.82, 2.24) is 10.2 Å². The van der Waals surface area contributed by atoms with E-state index in [4.69, 9.17) is 9.57 Å². The van der Waals surface area contributed by atoms with Crippen molar-refractivity contribution < 1.29 is 19.5 Å². The maximum absolute atomic E-state index is 12.9. The Balaban J connectivity index is 1.04. The molecule has 1 aromatic carbocycles. The van der Waals surface area contributed by atoms with Crippen LogP contribution in [-0.4, -0.2) is 67.6 Å². The van der Waals surface area contributed by atoms with Gasteiger partial charge in [0.2, 0.25) is 0 Å². The summed E-state index contributed by atoms with van der Waals surface area (Å²) in [5, 5.41) is 18.4. The van der Waals surface area contributed by atoms with Crippen LogP contribution in [0, 0.1) is 34.5 Å². The molecule has 0 bridgehead atoms. The second-order valence-electron chi connectivity index (χ2n) is 15.9. The van der Waals surface area contributed by atoms with Gasteiger partial charge < -0.3 is 24.9 Å². The number of methoxy groups -OCH3 is 1. The molecule has 3 saturated carbocycles. The van der Waals surface area contributed by atoms with E-state index in [1.807, 2.05) is 0 Å². The van der Waals surface area contributed by atoms with E-state index >= 15 is 0 Å². The minimum atomic E-state index is -0.122. The molecule has 248 valence electrons. The van der Waals surface area contributed by atoms with Gasteiger partial charge in [-0.05, 0) is 136 Å². The van der Waals surface area contributed by atoms with E-state index in [9.17, 15) is 9.90 Å². The fraction of sp³-hybridized carbons (Fsp3) is 0.737. The van der Waals surface area contributed by atoms with Crippen molar-refractivity contribution in [1.29, 1.82) is 0 Å². The lowest BCUT2D eigenvalue weighted by Crippen LogP contribution is -2.52. The molecule has 0 unspecified atom stereocenters. The van der Waals surface area contributed by atoms with Crippen LogP contribution in [0.3, 0.4) is 0 Å². The summed E-state index contributed by atoms with van der Waals surface area (Å²) >= 11 is 0. The number of nitrogens with zero attached hydrogens (tertiary/aromatic N) is 2. The van der Waals surface area contributed by atoms with Crippen molar-refractivity contribution in [3.8, 4) is 5.75 Å². The van der Waals surface area contributed by atoms with Gasteiger partial charge in [0, 0.05) is 24.5 Å². The SMILES string of the molecule is COc1ccc([C@]2(CCNC(=O)CON=C3C=C4CC[C@@H]5[C@@H](CC[C@@]6(C)[C@H](O)CC[C@@H]56)[C@]4(C)CC3)C[C@@H](C)N(C)C[C@H]2C)cc1. The molecule has 4 fully saturated rings. The largest absolute Gasteiger partial charge is 0.497 e. The quantitative estimate of drug-likeness (QED) is 0.325. The Morgan fingerprint density at radius 1 is 1.07 bits per heavy atom. The molecular weight excluding hydrogens is 562 g/mol. The average Bonchev–Trinajstić information content (AvgIpc) is 3.33. The van der Waals surface area contributed by atoms with Gasteiger partial charge in [-0.1, -0.05) is 43.6 Å². The molecule has 7 heteroatoms. The highest BCUT2D eigenvalue weighted by atomic mass is 16.6. The van der Waals surface area contributed by atoms with Crippen LogP contribution in [0.5, 0.6) is 5.75 Å². The molecule has 2 N–H and O–H groups in total. The van der Waals surface area contributed by atoms with E-state index in [1.165, 1.54) is 30.4 Å². The predicted octanol–water partition coefficient (Wildman–Crippen LogP) is 6.50. The number of aliphatic hydroxyl groups is 1. The molecule has 6 rings (SSSR count). The average molecular weight is 620 g/mol. The van der Waals surface area contributed by atoms with Gasteiger partial charge in [0.1, 0.15) is 5.75 Å². The van der Waals surface area contributed by atoms with Crippen molar-refractivity contribution in [3.63, 3.8) is 0 Å². The number of hydrogen-bond acceptors (Lipinski definition) is 6. The maximum Gasteiger partial charge on any atom is 0.260 e. The van der Waals surface area contributed by atoms with Crippen molar-refractivity contribution >= 4 is 11.6 Å². The topological polar surface area (TPSA) is 83.4 Å². The lowest BCUT2D eigenvalue weighted by Gasteiger charge is -2.57. The third-order valence-corrected chi connectivity index (χ3v) is 13.8. The molecule has 0 aromatic heterocycles. The Labute approximate surface area is 271 Å². The molecule has 1 amide bonds. The predicted molar refractivity (Wildman–Crippen MR) is 179 cm³/mol. The molecule has 9 atom stereocenters. The molecule has 0 spiro atoms. The summed E-state index contributed by atoms with van der Waals surface area (Å²) in [7, 11) is 3.91. The number of carbonyl (C=O) groups excluding carboxylic acids is 1. The molecule has 0 radical (unpaired) electrons. The first-order chi connectivity index (χ1) is 21.5. The van der Waals surface area contributed by atoms with Gasteiger partial charge in [-0.3, -0.25) is 4.79 Å². The fourth-order valence-electron chi connectivity index (χ4n) is 10.8. The zero-order valence-corrected chi connectivity index (χ0v) is 28.6. The van der Waals surface area contributed by atoms with Crippen molar-refractivity contribution in [2.24, 2.45) is 39.7 Å². The number of oxime groups is 1. The zero-order chi connectivity index (χ0) is 32.0. The fourth-order valence-corrected chi connectivity index (χ4v) is 10.8. The van der Waals surface area contributed by atoms with Gasteiger partial charge in [-0.2, -0.15) is 0 Å². The van der Waals surface area contributed by atoms with E-state index in [-0.39, 0.29) is 34.9 Å². The van der Waals surface area contributed by atoms with Crippen molar-refractivity contribution in [2.45, 2.75) is 109 Å². The number of allylic oxidation sites excluding steroid dienone is 2. The van der Waals surface area contributed by atoms with E-state index in [0.717, 1.165) is 68.9 Å². The maximum atomic E-state index is 12.9. The van der Waals surface area contributed by atoms with Crippen LogP contribution in [0.2, 0.25) is 0 Å². The van der Waals surface area contributed by atoms with Crippen LogP contribution in [0.1, 0.15) is 97.5 Å². The summed E-state index contributed by atoms with van der Waals surface area (Å²) in [5.74, 6) is 3.30. The van der Waals surface area contributed by atoms with Crippen LogP contribution in [0.15, 0.2) is 41.1 Å². The number of hydrogen-bond donors (Lipinski definition) is 2. The number of amides is 1. The van der Waals surface area contributed by atoms with Gasteiger partial charge in [-0.15, -0.1) is 0 Å². The third kappa shape index (κ3) is 5.86. The summed E-state index contributed by atoms with van der Waals surface area (Å²) < 4.78 is 5.42. The lowest BCUT2D eigenvalue weighted by atomic mass is 9.47. The van der Waals surface area contributed by atoms with E-state index in [0.29, 0.717) is 30.3 Å². The number of aliphatic hydroxyl groups excluding tert-OH is 1. The Morgan fingerprint density at radius 2 is 1.84 bits per heavy atom. The van der Waals surface area contributed by atoms with Crippen LogP contribution in [-0.2, 0) is 15.0 Å². The van der Waals surface area contributed by atoms with E-state index in [2.05, 4.69) is 80.5 Å². The highest BCUT2D eigenvalue weighted by Crippen LogP contribution is 2.65. The number of nitrogens with one attached hydrogen (secondary N) is 1. The number of benzene rings is 1.